The third-order valence-electron chi connectivity index (χ3n) is 3.94. The van der Waals surface area contributed by atoms with Gasteiger partial charge in [0.25, 0.3) is 0 Å². The van der Waals surface area contributed by atoms with Gasteiger partial charge >= 0.3 is 0 Å². The molecule has 0 fully saturated rings. The van der Waals surface area contributed by atoms with Crippen molar-refractivity contribution in [2.24, 2.45) is 0 Å². The van der Waals surface area contributed by atoms with Crippen LogP contribution in [-0.4, -0.2) is 6.61 Å². The van der Waals surface area contributed by atoms with E-state index >= 15 is 0 Å². The molecule has 0 radical (unpaired) electrons. The molecule has 5 heteroatoms. The SMILES string of the molecule is Cc1ccc(-c2ccc(C3CC=CCO3)c(F)c2F)c(F)c1F. The average Bonchev–Trinajstić information content (AvgIpc) is 2.57. The molecule has 1 aliphatic heterocycles. The summed E-state index contributed by atoms with van der Waals surface area (Å²) in [5.41, 5.74) is -0.441. The van der Waals surface area contributed by atoms with Crippen LogP contribution in [0, 0.1) is 30.2 Å². The first kappa shape index (κ1) is 15.7. The van der Waals surface area contributed by atoms with Crippen molar-refractivity contribution in [1.29, 1.82) is 0 Å². The smallest absolute Gasteiger partial charge is 0.167 e. The maximum absolute atomic E-state index is 14.4. The van der Waals surface area contributed by atoms with Crippen molar-refractivity contribution in [3.8, 4) is 11.1 Å². The Morgan fingerprint density at radius 1 is 0.826 bits per heavy atom. The maximum Gasteiger partial charge on any atom is 0.167 e. The topological polar surface area (TPSA) is 9.23 Å². The fourth-order valence-electron chi connectivity index (χ4n) is 2.62. The van der Waals surface area contributed by atoms with Crippen LogP contribution in [0.15, 0.2) is 36.4 Å². The molecule has 120 valence electrons. The van der Waals surface area contributed by atoms with Gasteiger partial charge in [-0.3, -0.25) is 0 Å². The third-order valence-corrected chi connectivity index (χ3v) is 3.94. The number of halogens is 4. The van der Waals surface area contributed by atoms with Crippen molar-refractivity contribution in [1.82, 2.24) is 0 Å². The van der Waals surface area contributed by atoms with E-state index in [0.717, 1.165) is 0 Å². The van der Waals surface area contributed by atoms with E-state index in [1.54, 1.807) is 6.08 Å². The molecule has 1 aliphatic rings. The van der Waals surface area contributed by atoms with Gasteiger partial charge in [0, 0.05) is 16.7 Å². The molecule has 23 heavy (non-hydrogen) atoms. The highest BCUT2D eigenvalue weighted by Crippen LogP contribution is 2.34. The van der Waals surface area contributed by atoms with Crippen molar-refractivity contribution in [2.45, 2.75) is 19.4 Å². The van der Waals surface area contributed by atoms with Crippen LogP contribution in [0.3, 0.4) is 0 Å². The number of hydrogen-bond acceptors (Lipinski definition) is 1. The summed E-state index contributed by atoms with van der Waals surface area (Å²) in [4.78, 5) is 0. The highest BCUT2D eigenvalue weighted by Gasteiger charge is 2.24. The van der Waals surface area contributed by atoms with Gasteiger partial charge in [-0.1, -0.05) is 36.4 Å². The van der Waals surface area contributed by atoms with Crippen LogP contribution in [0.5, 0.6) is 0 Å². The van der Waals surface area contributed by atoms with E-state index in [0.29, 0.717) is 13.0 Å². The normalized spacial score (nSPS) is 17.5. The Balaban J connectivity index is 2.07. The standard InChI is InChI=1S/C18H14F4O/c1-10-5-6-11(16(20)15(10)19)12-7-8-13(18(22)17(12)21)14-4-2-3-9-23-14/h2-3,5-8,14H,4,9H2,1H3. The molecule has 1 nitrogen and oxygen atoms in total. The van der Waals surface area contributed by atoms with E-state index in [2.05, 4.69) is 0 Å². The summed E-state index contributed by atoms with van der Waals surface area (Å²) >= 11 is 0. The molecule has 2 aromatic rings. The number of benzene rings is 2. The van der Waals surface area contributed by atoms with Crippen LogP contribution < -0.4 is 0 Å². The molecule has 2 aromatic carbocycles. The Hall–Kier alpha value is -2.14. The summed E-state index contributed by atoms with van der Waals surface area (Å²) in [6.07, 6.45) is 3.48. The predicted octanol–water partition coefficient (Wildman–Crippen LogP) is 5.24. The van der Waals surface area contributed by atoms with Crippen LogP contribution >= 0.6 is 0 Å². The monoisotopic (exact) mass is 322 g/mol. The Morgan fingerprint density at radius 3 is 2.13 bits per heavy atom. The second kappa shape index (κ2) is 6.16. The maximum atomic E-state index is 14.4. The average molecular weight is 322 g/mol. The van der Waals surface area contributed by atoms with Crippen molar-refractivity contribution in [3.63, 3.8) is 0 Å². The van der Waals surface area contributed by atoms with E-state index in [-0.39, 0.29) is 22.3 Å². The molecule has 1 atom stereocenters. The molecule has 0 amide bonds. The zero-order valence-electron chi connectivity index (χ0n) is 12.4. The number of rotatable bonds is 2. The zero-order valence-corrected chi connectivity index (χ0v) is 12.4. The Bertz CT molecular complexity index is 783. The molecule has 0 N–H and O–H groups in total. The Morgan fingerprint density at radius 2 is 1.48 bits per heavy atom. The van der Waals surface area contributed by atoms with Gasteiger partial charge in [0.15, 0.2) is 23.3 Å². The first-order valence-electron chi connectivity index (χ1n) is 7.20. The van der Waals surface area contributed by atoms with Gasteiger partial charge in [-0.05, 0) is 18.9 Å². The van der Waals surface area contributed by atoms with Gasteiger partial charge in [0.1, 0.15) is 0 Å². The highest BCUT2D eigenvalue weighted by molar-refractivity contribution is 5.66. The minimum absolute atomic E-state index is 0.0728. The highest BCUT2D eigenvalue weighted by atomic mass is 19.2. The van der Waals surface area contributed by atoms with E-state index in [9.17, 15) is 17.6 Å². The van der Waals surface area contributed by atoms with Gasteiger partial charge in [-0.15, -0.1) is 0 Å². The van der Waals surface area contributed by atoms with Crippen LogP contribution in [0.4, 0.5) is 17.6 Å². The molecule has 0 saturated heterocycles. The molecule has 0 saturated carbocycles. The largest absolute Gasteiger partial charge is 0.369 e. The van der Waals surface area contributed by atoms with E-state index in [4.69, 9.17) is 4.74 Å². The van der Waals surface area contributed by atoms with Crippen molar-refractivity contribution >= 4 is 0 Å². The second-order valence-electron chi connectivity index (χ2n) is 5.42. The van der Waals surface area contributed by atoms with Crippen LogP contribution in [0.1, 0.15) is 23.7 Å². The lowest BCUT2D eigenvalue weighted by Gasteiger charge is -2.20. The molecule has 3 rings (SSSR count). The summed E-state index contributed by atoms with van der Waals surface area (Å²) in [7, 11) is 0. The van der Waals surface area contributed by atoms with Crippen molar-refractivity contribution in [3.05, 3.63) is 70.8 Å². The molecule has 1 unspecified atom stereocenters. The summed E-state index contributed by atoms with van der Waals surface area (Å²) in [6, 6.07) is 5.18. The fourth-order valence-corrected chi connectivity index (χ4v) is 2.62. The molecule has 1 heterocycles. The summed E-state index contributed by atoms with van der Waals surface area (Å²) < 4.78 is 61.8. The third kappa shape index (κ3) is 2.77. The van der Waals surface area contributed by atoms with Crippen molar-refractivity contribution < 1.29 is 22.3 Å². The summed E-state index contributed by atoms with van der Waals surface area (Å²) in [5.74, 6) is -4.55. The molecule has 0 spiro atoms. The van der Waals surface area contributed by atoms with Crippen LogP contribution in [0.2, 0.25) is 0 Å². The van der Waals surface area contributed by atoms with Crippen LogP contribution in [-0.2, 0) is 4.74 Å². The lowest BCUT2D eigenvalue weighted by Crippen LogP contribution is -2.11. The molecular formula is C18H14F4O. The van der Waals surface area contributed by atoms with Gasteiger partial charge in [-0.25, -0.2) is 17.6 Å². The van der Waals surface area contributed by atoms with Gasteiger partial charge in [0.05, 0.1) is 12.7 Å². The van der Waals surface area contributed by atoms with Crippen molar-refractivity contribution in [2.75, 3.05) is 6.61 Å². The van der Waals surface area contributed by atoms with E-state index < -0.39 is 29.4 Å². The number of aryl methyl sites for hydroxylation is 1. The Kier molecular flexibility index (Phi) is 4.22. The molecule has 0 aromatic heterocycles. The molecule has 0 bridgehead atoms. The lowest BCUT2D eigenvalue weighted by atomic mass is 9.97. The minimum atomic E-state index is -1.21. The fraction of sp³-hybridized carbons (Fsp3) is 0.222. The van der Waals surface area contributed by atoms with E-state index in [1.807, 2.05) is 6.08 Å². The second-order valence-corrected chi connectivity index (χ2v) is 5.42. The van der Waals surface area contributed by atoms with E-state index in [1.165, 1.54) is 31.2 Å². The van der Waals surface area contributed by atoms with Gasteiger partial charge in [0.2, 0.25) is 0 Å². The van der Waals surface area contributed by atoms with Gasteiger partial charge in [-0.2, -0.15) is 0 Å². The summed E-state index contributed by atoms with van der Waals surface area (Å²) in [6.45, 7) is 1.72. The predicted molar refractivity (Wildman–Crippen MR) is 78.9 cm³/mol. The quantitative estimate of drug-likeness (QED) is 0.543. The minimum Gasteiger partial charge on any atom is -0.369 e. The summed E-state index contributed by atoms with van der Waals surface area (Å²) in [5, 5.41) is 0. The molecule has 0 aliphatic carbocycles. The van der Waals surface area contributed by atoms with Gasteiger partial charge < -0.3 is 4.74 Å². The lowest BCUT2D eigenvalue weighted by molar-refractivity contribution is 0.0646. The Labute approximate surface area is 131 Å². The molecular weight excluding hydrogens is 308 g/mol. The first-order valence-corrected chi connectivity index (χ1v) is 7.20. The number of ether oxygens (including phenoxy) is 1. The number of hydrogen-bond donors (Lipinski definition) is 0. The zero-order chi connectivity index (χ0) is 16.6. The first-order chi connectivity index (χ1) is 11.0. The van der Waals surface area contributed by atoms with Crippen LogP contribution in [0.25, 0.3) is 11.1 Å².